The molecule has 0 aliphatic heterocycles. The lowest BCUT2D eigenvalue weighted by Crippen LogP contribution is -2.18. The number of amides is 1. The molecule has 0 atom stereocenters. The van der Waals surface area contributed by atoms with E-state index in [1.54, 1.807) is 35.0 Å². The predicted octanol–water partition coefficient (Wildman–Crippen LogP) is 5.17. The fourth-order valence-electron chi connectivity index (χ4n) is 4.01. The fourth-order valence-corrected chi connectivity index (χ4v) is 5.19. The Morgan fingerprint density at radius 1 is 1.11 bits per heavy atom. The molecule has 1 aromatic carbocycles. The average molecular weight is 485 g/mol. The molecule has 0 fully saturated rings. The average Bonchev–Trinajstić information content (AvgIpc) is 3.58. The van der Waals surface area contributed by atoms with Crippen LogP contribution in [0.3, 0.4) is 0 Å². The number of thiophene rings is 1. The molecule has 4 heterocycles. The van der Waals surface area contributed by atoms with Crippen molar-refractivity contribution in [2.24, 2.45) is 5.10 Å². The number of aromatic nitrogens is 3. The highest BCUT2D eigenvalue weighted by molar-refractivity contribution is 7.21. The van der Waals surface area contributed by atoms with Gasteiger partial charge in [-0.2, -0.15) is 5.10 Å². The zero-order valence-electron chi connectivity index (χ0n) is 18.9. The van der Waals surface area contributed by atoms with Gasteiger partial charge in [-0.05, 0) is 55.8 Å². The number of aryl methyl sites for hydroxylation is 2. The number of hydrogen-bond donors (Lipinski definition) is 1. The molecular weight excluding hydrogens is 464 g/mol. The van der Waals surface area contributed by atoms with Gasteiger partial charge >= 0.3 is 0 Å². The molecule has 4 aromatic heterocycles. The van der Waals surface area contributed by atoms with Crippen molar-refractivity contribution in [1.82, 2.24) is 19.5 Å². The van der Waals surface area contributed by atoms with E-state index in [2.05, 4.69) is 15.5 Å². The van der Waals surface area contributed by atoms with E-state index in [4.69, 9.17) is 0 Å². The van der Waals surface area contributed by atoms with Crippen molar-refractivity contribution < 1.29 is 9.72 Å². The number of nitrogens with zero attached hydrogens (tertiary/aromatic N) is 5. The van der Waals surface area contributed by atoms with Gasteiger partial charge in [-0.3, -0.25) is 14.9 Å². The zero-order chi connectivity index (χ0) is 24.5. The number of carbonyl (C=O) groups is 1. The van der Waals surface area contributed by atoms with Crippen LogP contribution in [0, 0.1) is 24.0 Å². The molecule has 0 aliphatic carbocycles. The van der Waals surface area contributed by atoms with Crippen LogP contribution in [0.5, 0.6) is 0 Å². The largest absolute Gasteiger partial charge is 0.322 e. The van der Waals surface area contributed by atoms with Crippen LogP contribution in [0.1, 0.15) is 26.6 Å². The van der Waals surface area contributed by atoms with Gasteiger partial charge in [-0.15, -0.1) is 11.3 Å². The van der Waals surface area contributed by atoms with E-state index >= 15 is 0 Å². The Bertz CT molecular complexity index is 1600. The maximum Gasteiger partial charge on any atom is 0.283 e. The molecule has 10 heteroatoms. The predicted molar refractivity (Wildman–Crippen MR) is 136 cm³/mol. The number of non-ortho nitro benzene ring substituents is 1. The summed E-state index contributed by atoms with van der Waals surface area (Å²) in [6.07, 6.45) is 7.07. The van der Waals surface area contributed by atoms with E-state index in [1.807, 2.05) is 49.0 Å². The summed E-state index contributed by atoms with van der Waals surface area (Å²) in [7, 11) is 0. The molecule has 0 radical (unpaired) electrons. The van der Waals surface area contributed by atoms with Gasteiger partial charge in [0.1, 0.15) is 9.71 Å². The maximum absolute atomic E-state index is 13.2. The van der Waals surface area contributed by atoms with Gasteiger partial charge in [-0.25, -0.2) is 10.4 Å². The highest BCUT2D eigenvalue weighted by atomic mass is 32.1. The lowest BCUT2D eigenvalue weighted by Gasteiger charge is -2.07. The number of fused-ring (bicyclic) bond motifs is 1. The first-order chi connectivity index (χ1) is 16.9. The van der Waals surface area contributed by atoms with E-state index in [9.17, 15) is 14.9 Å². The zero-order valence-corrected chi connectivity index (χ0v) is 19.7. The van der Waals surface area contributed by atoms with E-state index in [0.29, 0.717) is 16.3 Å². The minimum absolute atomic E-state index is 0.00571. The third kappa shape index (κ3) is 4.22. The molecule has 5 aromatic rings. The molecule has 0 unspecified atom stereocenters. The molecule has 1 amide bonds. The van der Waals surface area contributed by atoms with Crippen molar-refractivity contribution in [1.29, 1.82) is 0 Å². The Morgan fingerprint density at radius 2 is 1.91 bits per heavy atom. The molecule has 0 spiro atoms. The molecule has 0 aliphatic rings. The number of nitro benzene ring substituents is 1. The summed E-state index contributed by atoms with van der Waals surface area (Å²) in [5.41, 5.74) is 6.60. The number of nitrogens with one attached hydrogen (secondary N) is 1. The molecule has 0 saturated heterocycles. The molecule has 35 heavy (non-hydrogen) atoms. The number of rotatable bonds is 6. The van der Waals surface area contributed by atoms with E-state index in [0.717, 1.165) is 27.2 Å². The molecule has 9 nitrogen and oxygen atoms in total. The van der Waals surface area contributed by atoms with Crippen LogP contribution in [0.25, 0.3) is 21.6 Å². The summed E-state index contributed by atoms with van der Waals surface area (Å²) in [6, 6.07) is 15.7. The van der Waals surface area contributed by atoms with E-state index in [1.165, 1.54) is 29.7 Å². The smallest absolute Gasteiger partial charge is 0.283 e. The van der Waals surface area contributed by atoms with Crippen LogP contribution < -0.4 is 5.43 Å². The van der Waals surface area contributed by atoms with Crippen LogP contribution in [0.15, 0.2) is 78.3 Å². The van der Waals surface area contributed by atoms with Gasteiger partial charge in [0, 0.05) is 41.8 Å². The fraction of sp³-hybridized carbons (Fsp3) is 0.0800. The molecular formula is C25H20N6O3S. The summed E-state index contributed by atoms with van der Waals surface area (Å²) in [5, 5.41) is 16.2. The Balaban J connectivity index is 1.45. The third-order valence-electron chi connectivity index (χ3n) is 5.49. The Kier molecular flexibility index (Phi) is 5.71. The van der Waals surface area contributed by atoms with E-state index in [-0.39, 0.29) is 11.6 Å². The van der Waals surface area contributed by atoms with Crippen molar-refractivity contribution in [3.05, 3.63) is 105 Å². The molecule has 0 bridgehead atoms. The summed E-state index contributed by atoms with van der Waals surface area (Å²) >= 11 is 1.32. The summed E-state index contributed by atoms with van der Waals surface area (Å²) in [4.78, 5) is 29.8. The number of pyridine rings is 1. The maximum atomic E-state index is 13.2. The SMILES string of the molecule is Cc1cc(C)c2c(-n3cccc3)c(C(=O)N/N=C/c3cccn3-c3cccc([N+](=O)[O-])c3)sc2n1. The minimum atomic E-state index is -0.438. The van der Waals surface area contributed by atoms with Gasteiger partial charge in [0.05, 0.1) is 28.2 Å². The standard InChI is InChI=1S/C25H20N6O3S/c1-16-13-17(2)27-25-21(16)22(29-10-3-4-11-29)23(35-25)24(32)28-26-15-20-9-6-12-30(20)18-7-5-8-19(14-18)31(33)34/h3-15H,1-2H3,(H,28,32)/b26-15+. The second-order valence-corrected chi connectivity index (χ2v) is 8.91. The van der Waals surface area contributed by atoms with Gasteiger partial charge in [0.15, 0.2) is 0 Å². The molecule has 5 rings (SSSR count). The first-order valence-electron chi connectivity index (χ1n) is 10.7. The third-order valence-corrected chi connectivity index (χ3v) is 6.56. The number of nitro groups is 1. The number of hydrazone groups is 1. The van der Waals surface area contributed by atoms with Gasteiger partial charge < -0.3 is 9.13 Å². The van der Waals surface area contributed by atoms with Crippen molar-refractivity contribution in [2.75, 3.05) is 0 Å². The van der Waals surface area contributed by atoms with Crippen LogP contribution in [0.2, 0.25) is 0 Å². The summed E-state index contributed by atoms with van der Waals surface area (Å²) < 4.78 is 3.67. The molecule has 1 N–H and O–H groups in total. The van der Waals surface area contributed by atoms with Crippen LogP contribution in [-0.4, -0.2) is 31.2 Å². The van der Waals surface area contributed by atoms with Crippen molar-refractivity contribution in [3.8, 4) is 11.4 Å². The number of benzene rings is 1. The topological polar surface area (TPSA) is 107 Å². The first kappa shape index (κ1) is 22.2. The summed E-state index contributed by atoms with van der Waals surface area (Å²) in [5.74, 6) is -0.349. The lowest BCUT2D eigenvalue weighted by molar-refractivity contribution is -0.384. The minimum Gasteiger partial charge on any atom is -0.322 e. The van der Waals surface area contributed by atoms with Gasteiger partial charge in [-0.1, -0.05) is 6.07 Å². The van der Waals surface area contributed by atoms with Crippen molar-refractivity contribution in [3.63, 3.8) is 0 Å². The molecule has 0 saturated carbocycles. The Labute approximate surface area is 204 Å². The van der Waals surface area contributed by atoms with Gasteiger partial charge in [0.2, 0.25) is 0 Å². The first-order valence-corrected chi connectivity index (χ1v) is 11.5. The van der Waals surface area contributed by atoms with Crippen molar-refractivity contribution in [2.45, 2.75) is 13.8 Å². The lowest BCUT2D eigenvalue weighted by atomic mass is 10.1. The Morgan fingerprint density at radius 3 is 2.69 bits per heavy atom. The van der Waals surface area contributed by atoms with Crippen molar-refractivity contribution >= 4 is 39.4 Å². The van der Waals surface area contributed by atoms with E-state index < -0.39 is 4.92 Å². The Hall–Kier alpha value is -4.57. The molecule has 174 valence electrons. The highest BCUT2D eigenvalue weighted by Gasteiger charge is 2.22. The van der Waals surface area contributed by atoms with Crippen LogP contribution in [-0.2, 0) is 0 Å². The monoisotopic (exact) mass is 484 g/mol. The quantitative estimate of drug-likeness (QED) is 0.204. The van der Waals surface area contributed by atoms with Gasteiger partial charge in [0.25, 0.3) is 11.6 Å². The van der Waals surface area contributed by atoms with Crippen LogP contribution in [0.4, 0.5) is 5.69 Å². The number of carbonyl (C=O) groups excluding carboxylic acids is 1. The highest BCUT2D eigenvalue weighted by Crippen LogP contribution is 2.35. The second-order valence-electron chi connectivity index (χ2n) is 7.91. The second kappa shape index (κ2) is 8.99. The number of hydrogen-bond acceptors (Lipinski definition) is 6. The summed E-state index contributed by atoms with van der Waals surface area (Å²) in [6.45, 7) is 3.95. The van der Waals surface area contributed by atoms with Crippen LogP contribution >= 0.6 is 11.3 Å². The normalized spacial score (nSPS) is 11.4.